The number of pyridine rings is 1. The molecule has 6 heteroatoms. The first-order chi connectivity index (χ1) is 11.5. The molecule has 2 aromatic rings. The Hall–Kier alpha value is -2.34. The van der Waals surface area contributed by atoms with Crippen LogP contribution in [0, 0.1) is 13.8 Å². The van der Waals surface area contributed by atoms with Gasteiger partial charge in [-0.3, -0.25) is 14.4 Å². The summed E-state index contributed by atoms with van der Waals surface area (Å²) >= 11 is 1.44. The van der Waals surface area contributed by atoms with Gasteiger partial charge in [0.2, 0.25) is 5.91 Å². The van der Waals surface area contributed by atoms with Crippen molar-refractivity contribution >= 4 is 34.6 Å². The summed E-state index contributed by atoms with van der Waals surface area (Å²) in [6, 6.07) is 7.32. The number of nitrogens with zero attached hydrogens (tertiary/aromatic N) is 1. The third kappa shape index (κ3) is 5.38. The summed E-state index contributed by atoms with van der Waals surface area (Å²) in [5.74, 6) is 0.170. The number of nitrogens with one attached hydrogen (secondary N) is 1. The fraction of sp³-hybridized carbons (Fsp3) is 0.333. The van der Waals surface area contributed by atoms with Crippen LogP contribution >= 0.6 is 11.3 Å². The molecule has 2 rings (SSSR count). The summed E-state index contributed by atoms with van der Waals surface area (Å²) < 4.78 is 0. The summed E-state index contributed by atoms with van der Waals surface area (Å²) in [5, 5.41) is 2.69. The van der Waals surface area contributed by atoms with E-state index in [2.05, 4.69) is 10.3 Å². The van der Waals surface area contributed by atoms with Gasteiger partial charge in [0.25, 0.3) is 0 Å². The lowest BCUT2D eigenvalue weighted by Gasteiger charge is -2.06. The van der Waals surface area contributed by atoms with Crippen molar-refractivity contribution in [1.29, 1.82) is 0 Å². The molecule has 0 bridgehead atoms. The molecular formula is C18H20N2O3S. The molecule has 24 heavy (non-hydrogen) atoms. The quantitative estimate of drug-likeness (QED) is 0.741. The number of carbonyl (C=O) groups is 3. The molecule has 126 valence electrons. The summed E-state index contributed by atoms with van der Waals surface area (Å²) in [6.45, 7) is 3.79. The van der Waals surface area contributed by atoms with Crippen molar-refractivity contribution in [2.45, 2.75) is 39.5 Å². The van der Waals surface area contributed by atoms with Gasteiger partial charge < -0.3 is 5.32 Å². The third-order valence-corrected chi connectivity index (χ3v) is 4.59. The standard InChI is InChI=1S/C18H20N2O3S/c1-12-4-3-11-19-18(12)20-17(23)10-7-14(21)6-8-15(22)16-9-5-13(2)24-16/h3-5,9,11H,6-8,10H2,1-2H3,(H,19,20,23). The first-order valence-corrected chi connectivity index (χ1v) is 8.60. The monoisotopic (exact) mass is 344 g/mol. The minimum atomic E-state index is -0.245. The number of carbonyl (C=O) groups excluding carboxylic acids is 3. The first kappa shape index (κ1) is 18.0. The van der Waals surface area contributed by atoms with Crippen LogP contribution < -0.4 is 5.32 Å². The molecule has 1 N–H and O–H groups in total. The molecule has 0 aliphatic rings. The van der Waals surface area contributed by atoms with Gasteiger partial charge in [0.15, 0.2) is 5.78 Å². The number of hydrogen-bond acceptors (Lipinski definition) is 5. The molecule has 2 aromatic heterocycles. The van der Waals surface area contributed by atoms with E-state index < -0.39 is 0 Å². The van der Waals surface area contributed by atoms with Crippen LogP contribution in [0.3, 0.4) is 0 Å². The Morgan fingerprint density at radius 1 is 1.04 bits per heavy atom. The Bertz CT molecular complexity index is 752. The zero-order chi connectivity index (χ0) is 17.5. The fourth-order valence-corrected chi connectivity index (χ4v) is 2.98. The van der Waals surface area contributed by atoms with Crippen molar-refractivity contribution in [2.24, 2.45) is 0 Å². The predicted octanol–water partition coefficient (Wildman–Crippen LogP) is 3.71. The maximum absolute atomic E-state index is 11.9. The summed E-state index contributed by atoms with van der Waals surface area (Å²) in [6.07, 6.45) is 2.20. The highest BCUT2D eigenvalue weighted by molar-refractivity contribution is 7.14. The molecule has 0 unspecified atom stereocenters. The fourth-order valence-electron chi connectivity index (χ4n) is 2.15. The van der Waals surface area contributed by atoms with Crippen LogP contribution in [0.25, 0.3) is 0 Å². The zero-order valence-electron chi connectivity index (χ0n) is 13.8. The Labute approximate surface area is 145 Å². The minimum absolute atomic E-state index is 0.0185. The highest BCUT2D eigenvalue weighted by Crippen LogP contribution is 2.18. The lowest BCUT2D eigenvalue weighted by Crippen LogP contribution is -2.15. The lowest BCUT2D eigenvalue weighted by atomic mass is 10.1. The summed E-state index contributed by atoms with van der Waals surface area (Å²) in [5.41, 5.74) is 0.869. The number of rotatable bonds is 8. The van der Waals surface area contributed by atoms with Gasteiger partial charge in [0.05, 0.1) is 4.88 Å². The number of amides is 1. The van der Waals surface area contributed by atoms with Crippen molar-refractivity contribution in [1.82, 2.24) is 4.98 Å². The van der Waals surface area contributed by atoms with Crippen molar-refractivity contribution in [3.63, 3.8) is 0 Å². The molecule has 2 heterocycles. The van der Waals surface area contributed by atoms with E-state index in [1.165, 1.54) is 11.3 Å². The van der Waals surface area contributed by atoms with Crippen LogP contribution in [0.1, 0.15) is 45.8 Å². The number of aryl methyl sites for hydroxylation is 2. The number of ketones is 2. The van der Waals surface area contributed by atoms with Crippen LogP contribution in [-0.2, 0) is 9.59 Å². The van der Waals surface area contributed by atoms with Crippen LogP contribution in [-0.4, -0.2) is 22.5 Å². The van der Waals surface area contributed by atoms with E-state index in [9.17, 15) is 14.4 Å². The maximum atomic E-state index is 11.9. The molecule has 0 saturated carbocycles. The number of aromatic nitrogens is 1. The number of Topliss-reactive ketones (excluding diaryl/α,β-unsaturated/α-hetero) is 2. The Kier molecular flexibility index (Phi) is 6.37. The van der Waals surface area contributed by atoms with Gasteiger partial charge in [-0.15, -0.1) is 11.3 Å². The average Bonchev–Trinajstić information content (AvgIpc) is 2.99. The van der Waals surface area contributed by atoms with E-state index in [0.29, 0.717) is 10.7 Å². The molecule has 0 aliphatic carbocycles. The van der Waals surface area contributed by atoms with Gasteiger partial charge in [-0.25, -0.2) is 4.98 Å². The molecule has 0 aliphatic heterocycles. The van der Waals surface area contributed by atoms with Gasteiger partial charge in [-0.2, -0.15) is 0 Å². The van der Waals surface area contributed by atoms with E-state index in [1.807, 2.05) is 26.0 Å². The molecule has 0 radical (unpaired) electrons. The Balaban J connectivity index is 1.72. The van der Waals surface area contributed by atoms with Crippen LogP contribution in [0.2, 0.25) is 0 Å². The van der Waals surface area contributed by atoms with Crippen LogP contribution in [0.15, 0.2) is 30.5 Å². The van der Waals surface area contributed by atoms with Gasteiger partial charge in [0.1, 0.15) is 11.6 Å². The van der Waals surface area contributed by atoms with Crippen LogP contribution in [0.4, 0.5) is 5.82 Å². The summed E-state index contributed by atoms with van der Waals surface area (Å²) in [7, 11) is 0. The number of anilines is 1. The molecule has 0 fully saturated rings. The largest absolute Gasteiger partial charge is 0.310 e. The molecule has 0 atom stereocenters. The van der Waals surface area contributed by atoms with Gasteiger partial charge in [-0.1, -0.05) is 6.07 Å². The van der Waals surface area contributed by atoms with Crippen molar-refractivity contribution < 1.29 is 14.4 Å². The highest BCUT2D eigenvalue weighted by Gasteiger charge is 2.13. The average molecular weight is 344 g/mol. The molecule has 1 amide bonds. The topological polar surface area (TPSA) is 76.1 Å². The molecule has 5 nitrogen and oxygen atoms in total. The molecule has 0 spiro atoms. The third-order valence-electron chi connectivity index (χ3n) is 3.54. The Morgan fingerprint density at radius 3 is 2.46 bits per heavy atom. The second-order valence-electron chi connectivity index (χ2n) is 5.59. The highest BCUT2D eigenvalue weighted by atomic mass is 32.1. The summed E-state index contributed by atoms with van der Waals surface area (Å²) in [4.78, 5) is 41.5. The minimum Gasteiger partial charge on any atom is -0.310 e. The molecule has 0 aromatic carbocycles. The Morgan fingerprint density at radius 2 is 1.79 bits per heavy atom. The first-order valence-electron chi connectivity index (χ1n) is 7.78. The van der Waals surface area contributed by atoms with Crippen LogP contribution in [0.5, 0.6) is 0 Å². The van der Waals surface area contributed by atoms with E-state index >= 15 is 0 Å². The lowest BCUT2D eigenvalue weighted by molar-refractivity contribution is -0.122. The van der Waals surface area contributed by atoms with E-state index in [1.54, 1.807) is 18.3 Å². The second-order valence-corrected chi connectivity index (χ2v) is 6.88. The van der Waals surface area contributed by atoms with Crippen molar-refractivity contribution in [3.8, 4) is 0 Å². The SMILES string of the molecule is Cc1ccc(C(=O)CCC(=O)CCC(=O)Nc2ncccc2C)s1. The van der Waals surface area contributed by atoms with Gasteiger partial charge in [0, 0.05) is 36.8 Å². The van der Waals surface area contributed by atoms with Crippen molar-refractivity contribution in [2.75, 3.05) is 5.32 Å². The number of thiophene rings is 1. The van der Waals surface area contributed by atoms with Gasteiger partial charge >= 0.3 is 0 Å². The smallest absolute Gasteiger partial charge is 0.225 e. The number of hydrogen-bond donors (Lipinski definition) is 1. The molecule has 0 saturated heterocycles. The predicted molar refractivity (Wildman–Crippen MR) is 94.5 cm³/mol. The van der Waals surface area contributed by atoms with E-state index in [0.717, 1.165) is 10.4 Å². The zero-order valence-corrected chi connectivity index (χ0v) is 14.6. The van der Waals surface area contributed by atoms with Gasteiger partial charge in [-0.05, 0) is 37.6 Å². The van der Waals surface area contributed by atoms with Crippen molar-refractivity contribution in [3.05, 3.63) is 45.8 Å². The van der Waals surface area contributed by atoms with E-state index in [-0.39, 0.29) is 43.2 Å². The van der Waals surface area contributed by atoms with E-state index in [4.69, 9.17) is 0 Å². The molecular weight excluding hydrogens is 324 g/mol. The second kappa shape index (κ2) is 8.49. The maximum Gasteiger partial charge on any atom is 0.225 e. The normalized spacial score (nSPS) is 10.4.